The molecule has 0 saturated carbocycles. The second-order valence-corrected chi connectivity index (χ2v) is 6.23. The highest BCUT2D eigenvalue weighted by Gasteiger charge is 2.28. The van der Waals surface area contributed by atoms with Gasteiger partial charge in [-0.05, 0) is 19.8 Å². The van der Waals surface area contributed by atoms with Gasteiger partial charge in [0, 0.05) is 25.1 Å². The van der Waals surface area contributed by atoms with Gasteiger partial charge >= 0.3 is 0 Å². The lowest BCUT2D eigenvalue weighted by molar-refractivity contribution is 0.00681. The van der Waals surface area contributed by atoms with Crippen molar-refractivity contribution in [3.8, 4) is 0 Å². The lowest BCUT2D eigenvalue weighted by Gasteiger charge is -2.31. The minimum absolute atomic E-state index is 0.110. The van der Waals surface area contributed by atoms with Gasteiger partial charge in [0.05, 0.1) is 6.10 Å². The van der Waals surface area contributed by atoms with Gasteiger partial charge in [0.15, 0.2) is 0 Å². The van der Waals surface area contributed by atoms with E-state index in [0.29, 0.717) is 13.2 Å². The third-order valence-corrected chi connectivity index (χ3v) is 3.45. The van der Waals surface area contributed by atoms with Crippen LogP contribution in [-0.4, -0.2) is 51.8 Å². The maximum Gasteiger partial charge on any atom is 0.293 e. The Morgan fingerprint density at radius 1 is 1.50 bits per heavy atom. The predicted octanol–water partition coefficient (Wildman–Crippen LogP) is 1.74. The number of carbonyl (C=O) groups excluding carboxylic acids is 1. The molecule has 1 aliphatic rings. The van der Waals surface area contributed by atoms with Crippen LogP contribution in [0, 0.1) is 0 Å². The molecule has 1 aromatic rings. The first-order valence-electron chi connectivity index (χ1n) is 7.25. The molecule has 1 unspecified atom stereocenters. The summed E-state index contributed by atoms with van der Waals surface area (Å²) in [6, 6.07) is 0. The average Bonchev–Trinajstić information content (AvgIpc) is 2.88. The van der Waals surface area contributed by atoms with Crippen LogP contribution in [0.3, 0.4) is 0 Å². The molecule has 1 N–H and O–H groups in total. The van der Waals surface area contributed by atoms with Crippen LogP contribution in [-0.2, 0) is 10.2 Å². The van der Waals surface area contributed by atoms with Gasteiger partial charge in [-0.15, -0.1) is 5.10 Å². The fourth-order valence-corrected chi connectivity index (χ4v) is 2.33. The summed E-state index contributed by atoms with van der Waals surface area (Å²) in [5.74, 6) is 0.882. The van der Waals surface area contributed by atoms with E-state index in [-0.39, 0.29) is 23.3 Å². The van der Waals surface area contributed by atoms with E-state index in [4.69, 9.17) is 4.74 Å². The van der Waals surface area contributed by atoms with Crippen LogP contribution in [0.25, 0.3) is 0 Å². The smallest absolute Gasteiger partial charge is 0.293 e. The molecule has 20 heavy (non-hydrogen) atoms. The largest absolute Gasteiger partial charge is 0.377 e. The van der Waals surface area contributed by atoms with Crippen molar-refractivity contribution in [2.24, 2.45) is 0 Å². The summed E-state index contributed by atoms with van der Waals surface area (Å²) in [5, 5.41) is 6.92. The number of carbonyl (C=O) groups is 1. The molecule has 112 valence electrons. The highest BCUT2D eigenvalue weighted by Crippen LogP contribution is 2.19. The second-order valence-electron chi connectivity index (χ2n) is 6.23. The third kappa shape index (κ3) is 3.36. The van der Waals surface area contributed by atoms with E-state index >= 15 is 0 Å². The molecule has 0 aromatic carbocycles. The summed E-state index contributed by atoms with van der Waals surface area (Å²) in [7, 11) is 0. The van der Waals surface area contributed by atoms with Crippen LogP contribution in [0.4, 0.5) is 0 Å². The molecule has 0 radical (unpaired) electrons. The van der Waals surface area contributed by atoms with Crippen LogP contribution in [0.5, 0.6) is 0 Å². The number of hydrogen-bond donors (Lipinski definition) is 1. The summed E-state index contributed by atoms with van der Waals surface area (Å²) >= 11 is 0. The zero-order valence-corrected chi connectivity index (χ0v) is 12.8. The maximum atomic E-state index is 12.4. The number of hydrogen-bond acceptors (Lipinski definition) is 4. The molecule has 0 aliphatic carbocycles. The van der Waals surface area contributed by atoms with E-state index in [2.05, 4.69) is 15.2 Å². The number of amides is 1. The number of aromatic amines is 1. The minimum Gasteiger partial charge on any atom is -0.377 e. The Bertz CT molecular complexity index is 462. The van der Waals surface area contributed by atoms with E-state index in [1.165, 1.54) is 0 Å². The molecule has 6 heteroatoms. The van der Waals surface area contributed by atoms with Gasteiger partial charge in [0.1, 0.15) is 5.82 Å². The molecule has 2 heterocycles. The van der Waals surface area contributed by atoms with E-state index in [9.17, 15) is 4.79 Å². The highest BCUT2D eigenvalue weighted by atomic mass is 16.5. The van der Waals surface area contributed by atoms with Crippen LogP contribution in [0.2, 0.25) is 0 Å². The maximum absolute atomic E-state index is 12.4. The summed E-state index contributed by atoms with van der Waals surface area (Å²) < 4.78 is 5.62. The molecule has 6 nitrogen and oxygen atoms in total. The molecule has 1 aromatic heterocycles. The zero-order chi connectivity index (χ0) is 14.8. The Kier molecular flexibility index (Phi) is 4.42. The minimum atomic E-state index is -0.138. The normalized spacial score (nSPS) is 20.2. The van der Waals surface area contributed by atoms with Crippen molar-refractivity contribution >= 4 is 5.91 Å². The number of ether oxygens (including phenoxy) is 1. The van der Waals surface area contributed by atoms with Gasteiger partial charge in [-0.2, -0.15) is 0 Å². The summed E-state index contributed by atoms with van der Waals surface area (Å²) in [6.07, 6.45) is 2.12. The first kappa shape index (κ1) is 15.0. The number of H-pyrrole nitrogens is 1. The SMILES string of the molecule is CCOC1CCCN(C(=O)c2n[nH]c(C(C)(C)C)n2)C1. The lowest BCUT2D eigenvalue weighted by atomic mass is 9.96. The van der Waals surface area contributed by atoms with Gasteiger partial charge in [-0.3, -0.25) is 9.89 Å². The van der Waals surface area contributed by atoms with Crippen molar-refractivity contribution in [2.45, 2.75) is 52.1 Å². The quantitative estimate of drug-likeness (QED) is 0.915. The number of aromatic nitrogens is 3. The van der Waals surface area contributed by atoms with E-state index in [0.717, 1.165) is 25.2 Å². The number of nitrogens with zero attached hydrogens (tertiary/aromatic N) is 3. The van der Waals surface area contributed by atoms with Crippen LogP contribution < -0.4 is 0 Å². The standard InChI is InChI=1S/C14H24N4O2/c1-5-20-10-7-6-8-18(9-10)12(19)11-15-13(17-16-11)14(2,3)4/h10H,5-9H2,1-4H3,(H,15,16,17). The fraction of sp³-hybridized carbons (Fsp3) is 0.786. The molecule has 2 rings (SSSR count). The molecule has 1 saturated heterocycles. The first-order chi connectivity index (χ1) is 9.41. The van der Waals surface area contributed by atoms with Gasteiger partial charge in [-0.1, -0.05) is 20.8 Å². The van der Waals surface area contributed by atoms with Gasteiger partial charge in [0.25, 0.3) is 5.91 Å². The van der Waals surface area contributed by atoms with Crippen molar-refractivity contribution < 1.29 is 9.53 Å². The van der Waals surface area contributed by atoms with Crippen LogP contribution in [0.1, 0.15) is 57.0 Å². The summed E-state index contributed by atoms with van der Waals surface area (Å²) in [5.41, 5.74) is -0.138. The topological polar surface area (TPSA) is 71.1 Å². The molecular formula is C14H24N4O2. The number of piperidine rings is 1. The average molecular weight is 280 g/mol. The second kappa shape index (κ2) is 5.91. The Morgan fingerprint density at radius 3 is 2.85 bits per heavy atom. The molecule has 1 atom stereocenters. The molecule has 1 aliphatic heterocycles. The predicted molar refractivity (Wildman–Crippen MR) is 75.6 cm³/mol. The molecule has 1 fully saturated rings. The van der Waals surface area contributed by atoms with Gasteiger partial charge in [-0.25, -0.2) is 4.98 Å². The Morgan fingerprint density at radius 2 is 2.25 bits per heavy atom. The van der Waals surface area contributed by atoms with E-state index < -0.39 is 0 Å². The molecule has 1 amide bonds. The third-order valence-electron chi connectivity index (χ3n) is 3.45. The zero-order valence-electron chi connectivity index (χ0n) is 12.8. The summed E-state index contributed by atoms with van der Waals surface area (Å²) in [6.45, 7) is 10.1. The highest BCUT2D eigenvalue weighted by molar-refractivity contribution is 5.90. The Balaban J connectivity index is 2.05. The number of nitrogens with one attached hydrogen (secondary N) is 1. The Hall–Kier alpha value is -1.43. The lowest BCUT2D eigenvalue weighted by Crippen LogP contribution is -2.43. The monoisotopic (exact) mass is 280 g/mol. The molecule has 0 bridgehead atoms. The fourth-order valence-electron chi connectivity index (χ4n) is 2.33. The Labute approximate surface area is 119 Å². The van der Waals surface area contributed by atoms with E-state index in [1.807, 2.05) is 27.7 Å². The van der Waals surface area contributed by atoms with Crippen LogP contribution >= 0.6 is 0 Å². The number of likely N-dealkylation sites (tertiary alicyclic amines) is 1. The summed E-state index contributed by atoms with van der Waals surface area (Å²) in [4.78, 5) is 18.5. The first-order valence-corrected chi connectivity index (χ1v) is 7.25. The van der Waals surface area contributed by atoms with E-state index in [1.54, 1.807) is 4.90 Å². The number of rotatable bonds is 3. The van der Waals surface area contributed by atoms with Crippen molar-refractivity contribution in [3.63, 3.8) is 0 Å². The van der Waals surface area contributed by atoms with Crippen molar-refractivity contribution in [2.75, 3.05) is 19.7 Å². The van der Waals surface area contributed by atoms with Gasteiger partial charge in [0.2, 0.25) is 5.82 Å². The van der Waals surface area contributed by atoms with Crippen molar-refractivity contribution in [1.82, 2.24) is 20.1 Å². The van der Waals surface area contributed by atoms with Crippen molar-refractivity contribution in [3.05, 3.63) is 11.6 Å². The van der Waals surface area contributed by atoms with Crippen molar-refractivity contribution in [1.29, 1.82) is 0 Å². The molecular weight excluding hydrogens is 256 g/mol. The van der Waals surface area contributed by atoms with Crippen LogP contribution in [0.15, 0.2) is 0 Å². The molecule has 0 spiro atoms. The van der Waals surface area contributed by atoms with Gasteiger partial charge < -0.3 is 9.64 Å².